The molecule has 18 heavy (non-hydrogen) atoms. The van der Waals surface area contributed by atoms with E-state index in [1.165, 1.54) is 0 Å². The van der Waals surface area contributed by atoms with Gasteiger partial charge in [-0.15, -0.1) is 10.2 Å². The molecule has 1 aromatic heterocycles. The van der Waals surface area contributed by atoms with Gasteiger partial charge in [-0.2, -0.15) is 0 Å². The van der Waals surface area contributed by atoms with Gasteiger partial charge in [-0.25, -0.2) is 0 Å². The Balaban J connectivity index is 2.04. The highest BCUT2D eigenvalue weighted by molar-refractivity contribution is 5.61. The second kappa shape index (κ2) is 4.33. The van der Waals surface area contributed by atoms with Crippen LogP contribution in [0.15, 0.2) is 24.5 Å². The standard InChI is InChI=1S/C13H15N3O2/c1-9(2)16-8-14-15-13(16)10-3-4-11-12(7-10)18-6-5-17-11/h3-4,7-9H,5-6H2,1-2H3. The Bertz CT molecular complexity index is 563. The molecule has 0 bridgehead atoms. The van der Waals surface area contributed by atoms with Crippen LogP contribution in [0.5, 0.6) is 11.5 Å². The van der Waals surface area contributed by atoms with Crippen molar-refractivity contribution in [3.05, 3.63) is 24.5 Å². The zero-order valence-corrected chi connectivity index (χ0v) is 10.5. The molecule has 0 atom stereocenters. The molecule has 0 fully saturated rings. The summed E-state index contributed by atoms with van der Waals surface area (Å²) in [4.78, 5) is 0. The summed E-state index contributed by atoms with van der Waals surface area (Å²) in [6.07, 6.45) is 1.75. The molecule has 0 saturated heterocycles. The van der Waals surface area contributed by atoms with Crippen molar-refractivity contribution in [1.29, 1.82) is 0 Å². The molecule has 0 amide bonds. The normalized spacial score (nSPS) is 13.9. The summed E-state index contributed by atoms with van der Waals surface area (Å²) in [5, 5.41) is 8.15. The van der Waals surface area contributed by atoms with Crippen molar-refractivity contribution in [1.82, 2.24) is 14.8 Å². The average Bonchev–Trinajstić information content (AvgIpc) is 2.87. The van der Waals surface area contributed by atoms with Crippen LogP contribution in [0.25, 0.3) is 11.4 Å². The van der Waals surface area contributed by atoms with Crippen LogP contribution >= 0.6 is 0 Å². The molecule has 0 unspecified atom stereocenters. The number of rotatable bonds is 2. The minimum Gasteiger partial charge on any atom is -0.486 e. The topological polar surface area (TPSA) is 49.2 Å². The highest BCUT2D eigenvalue weighted by atomic mass is 16.6. The van der Waals surface area contributed by atoms with Crippen molar-refractivity contribution in [2.45, 2.75) is 19.9 Å². The summed E-state index contributed by atoms with van der Waals surface area (Å²) >= 11 is 0. The van der Waals surface area contributed by atoms with Crippen LogP contribution < -0.4 is 9.47 Å². The fraction of sp³-hybridized carbons (Fsp3) is 0.385. The lowest BCUT2D eigenvalue weighted by Gasteiger charge is -2.19. The minimum atomic E-state index is 0.322. The molecule has 0 saturated carbocycles. The first-order valence-corrected chi connectivity index (χ1v) is 6.05. The quantitative estimate of drug-likeness (QED) is 0.814. The zero-order chi connectivity index (χ0) is 12.5. The van der Waals surface area contributed by atoms with Crippen molar-refractivity contribution in [3.8, 4) is 22.9 Å². The molecule has 0 aliphatic carbocycles. The first-order chi connectivity index (χ1) is 8.75. The van der Waals surface area contributed by atoms with Gasteiger partial charge in [0.05, 0.1) is 0 Å². The van der Waals surface area contributed by atoms with Gasteiger partial charge in [-0.05, 0) is 32.0 Å². The number of hydrogen-bond donors (Lipinski definition) is 0. The molecule has 2 aromatic rings. The number of benzene rings is 1. The third-order valence-corrected chi connectivity index (χ3v) is 2.93. The lowest BCUT2D eigenvalue weighted by molar-refractivity contribution is 0.171. The summed E-state index contributed by atoms with van der Waals surface area (Å²) in [6.45, 7) is 5.40. The van der Waals surface area contributed by atoms with Crippen molar-refractivity contribution in [2.24, 2.45) is 0 Å². The first-order valence-electron chi connectivity index (χ1n) is 6.05. The van der Waals surface area contributed by atoms with E-state index in [9.17, 15) is 0 Å². The second-order valence-electron chi connectivity index (χ2n) is 4.51. The average molecular weight is 245 g/mol. The van der Waals surface area contributed by atoms with Gasteiger partial charge in [0.2, 0.25) is 0 Å². The number of nitrogens with zero attached hydrogens (tertiary/aromatic N) is 3. The maximum Gasteiger partial charge on any atom is 0.164 e. The van der Waals surface area contributed by atoms with Gasteiger partial charge in [0.15, 0.2) is 17.3 Å². The molecular formula is C13H15N3O2. The third-order valence-electron chi connectivity index (χ3n) is 2.93. The summed E-state index contributed by atoms with van der Waals surface area (Å²) in [5.41, 5.74) is 0.991. The molecule has 0 radical (unpaired) electrons. The molecule has 1 aliphatic rings. The van der Waals surface area contributed by atoms with Crippen LogP contribution in [0.4, 0.5) is 0 Å². The van der Waals surface area contributed by atoms with E-state index in [2.05, 4.69) is 24.0 Å². The summed E-state index contributed by atoms with van der Waals surface area (Å²) in [7, 11) is 0. The molecule has 5 nitrogen and oxygen atoms in total. The van der Waals surface area contributed by atoms with Gasteiger partial charge in [0.1, 0.15) is 19.5 Å². The van der Waals surface area contributed by atoms with Gasteiger partial charge < -0.3 is 14.0 Å². The van der Waals surface area contributed by atoms with Gasteiger partial charge >= 0.3 is 0 Å². The highest BCUT2D eigenvalue weighted by Gasteiger charge is 2.15. The molecule has 3 rings (SSSR count). The Labute approximate surface area is 105 Å². The number of fused-ring (bicyclic) bond motifs is 1. The van der Waals surface area contributed by atoms with E-state index in [0.29, 0.717) is 19.3 Å². The van der Waals surface area contributed by atoms with E-state index in [4.69, 9.17) is 9.47 Å². The molecule has 0 N–H and O–H groups in total. The van der Waals surface area contributed by atoms with Crippen molar-refractivity contribution >= 4 is 0 Å². The van der Waals surface area contributed by atoms with Gasteiger partial charge in [0.25, 0.3) is 0 Å². The third kappa shape index (κ3) is 1.81. The van der Waals surface area contributed by atoms with Crippen LogP contribution in [0.2, 0.25) is 0 Å². The van der Waals surface area contributed by atoms with Crippen molar-refractivity contribution in [3.63, 3.8) is 0 Å². The van der Waals surface area contributed by atoms with Crippen LogP contribution in [0.3, 0.4) is 0 Å². The van der Waals surface area contributed by atoms with Gasteiger partial charge in [0, 0.05) is 11.6 Å². The lowest BCUT2D eigenvalue weighted by Crippen LogP contribution is -2.15. The Morgan fingerprint density at radius 1 is 1.17 bits per heavy atom. The van der Waals surface area contributed by atoms with Crippen molar-refractivity contribution < 1.29 is 9.47 Å². The van der Waals surface area contributed by atoms with E-state index in [1.54, 1.807) is 6.33 Å². The maximum atomic E-state index is 5.58. The van der Waals surface area contributed by atoms with Crippen LogP contribution in [-0.2, 0) is 0 Å². The van der Waals surface area contributed by atoms with E-state index >= 15 is 0 Å². The Hall–Kier alpha value is -2.04. The smallest absolute Gasteiger partial charge is 0.164 e. The first kappa shape index (κ1) is 11.1. The number of ether oxygens (including phenoxy) is 2. The minimum absolute atomic E-state index is 0.322. The van der Waals surface area contributed by atoms with Crippen molar-refractivity contribution in [2.75, 3.05) is 13.2 Å². The maximum absolute atomic E-state index is 5.58. The second-order valence-corrected chi connectivity index (χ2v) is 4.51. The van der Waals surface area contributed by atoms with E-state index < -0.39 is 0 Å². The zero-order valence-electron chi connectivity index (χ0n) is 10.5. The SMILES string of the molecule is CC(C)n1cnnc1-c1ccc2c(c1)OCCO2. The number of aromatic nitrogens is 3. The summed E-state index contributed by atoms with van der Waals surface area (Å²) < 4.78 is 13.1. The van der Waals surface area contributed by atoms with Crippen LogP contribution in [0.1, 0.15) is 19.9 Å². The largest absolute Gasteiger partial charge is 0.486 e. The van der Waals surface area contributed by atoms with E-state index in [1.807, 2.05) is 22.8 Å². The van der Waals surface area contributed by atoms with Gasteiger partial charge in [-0.1, -0.05) is 0 Å². The molecule has 5 heteroatoms. The Morgan fingerprint density at radius 3 is 2.72 bits per heavy atom. The van der Waals surface area contributed by atoms with Crippen LogP contribution in [0, 0.1) is 0 Å². The van der Waals surface area contributed by atoms with E-state index in [0.717, 1.165) is 22.9 Å². The highest BCUT2D eigenvalue weighted by Crippen LogP contribution is 2.34. The Kier molecular flexibility index (Phi) is 2.66. The van der Waals surface area contributed by atoms with Gasteiger partial charge in [-0.3, -0.25) is 0 Å². The Morgan fingerprint density at radius 2 is 1.94 bits per heavy atom. The molecule has 2 heterocycles. The molecule has 0 spiro atoms. The van der Waals surface area contributed by atoms with E-state index in [-0.39, 0.29) is 0 Å². The lowest BCUT2D eigenvalue weighted by atomic mass is 10.1. The fourth-order valence-corrected chi connectivity index (χ4v) is 2.01. The fourth-order valence-electron chi connectivity index (χ4n) is 2.01. The predicted molar refractivity (Wildman–Crippen MR) is 66.8 cm³/mol. The summed E-state index contributed by atoms with van der Waals surface area (Å²) in [5.74, 6) is 2.42. The summed E-state index contributed by atoms with van der Waals surface area (Å²) in [6, 6.07) is 6.18. The predicted octanol–water partition coefficient (Wildman–Crippen LogP) is 2.30. The molecule has 1 aromatic carbocycles. The molecule has 1 aliphatic heterocycles. The molecular weight excluding hydrogens is 230 g/mol. The van der Waals surface area contributed by atoms with Crippen LogP contribution in [-0.4, -0.2) is 28.0 Å². The molecule has 94 valence electrons. The monoisotopic (exact) mass is 245 g/mol. The number of hydrogen-bond acceptors (Lipinski definition) is 4.